The molecule has 0 saturated carbocycles. The molecule has 27 heavy (non-hydrogen) atoms. The van der Waals surface area contributed by atoms with Crippen molar-refractivity contribution in [1.29, 1.82) is 0 Å². The van der Waals surface area contributed by atoms with Crippen LogP contribution in [0.2, 0.25) is 5.02 Å². The summed E-state index contributed by atoms with van der Waals surface area (Å²) in [5.74, 6) is 1.03. The zero-order valence-corrected chi connectivity index (χ0v) is 17.1. The molecule has 0 spiro atoms. The van der Waals surface area contributed by atoms with E-state index in [4.69, 9.17) is 11.6 Å². The van der Waals surface area contributed by atoms with Gasteiger partial charge in [0, 0.05) is 26.2 Å². The Kier molecular flexibility index (Phi) is 6.19. The molecule has 0 fully saturated rings. The number of nitrogens with zero attached hydrogens (tertiary/aromatic N) is 4. The molecule has 0 aliphatic rings. The lowest BCUT2D eigenvalue weighted by Crippen LogP contribution is -2.27. The fourth-order valence-corrected chi connectivity index (χ4v) is 3.68. The predicted octanol–water partition coefficient (Wildman–Crippen LogP) is 4.19. The second kappa shape index (κ2) is 8.59. The molecule has 0 atom stereocenters. The van der Waals surface area contributed by atoms with E-state index in [0.717, 1.165) is 11.1 Å². The number of amides is 1. The molecule has 0 saturated heterocycles. The highest BCUT2D eigenvalue weighted by atomic mass is 35.5. The minimum atomic E-state index is 0.0443. The van der Waals surface area contributed by atoms with E-state index in [9.17, 15) is 4.79 Å². The molecule has 3 rings (SSSR count). The number of hydrogen-bond acceptors (Lipinski definition) is 4. The summed E-state index contributed by atoms with van der Waals surface area (Å²) in [5.41, 5.74) is 3.14. The molecule has 140 valence electrons. The van der Waals surface area contributed by atoms with Crippen LogP contribution in [0.25, 0.3) is 11.4 Å². The first-order valence-corrected chi connectivity index (χ1v) is 9.88. The molecule has 5 nitrogen and oxygen atoms in total. The molecule has 7 heteroatoms. The molecule has 0 N–H and O–H groups in total. The molecule has 0 radical (unpaired) electrons. The topological polar surface area (TPSA) is 51.0 Å². The van der Waals surface area contributed by atoms with Crippen LogP contribution in [-0.2, 0) is 18.4 Å². The number of halogens is 1. The van der Waals surface area contributed by atoms with E-state index in [1.165, 1.54) is 17.3 Å². The molecular formula is C20H21ClN4OS. The quantitative estimate of drug-likeness (QED) is 0.582. The van der Waals surface area contributed by atoms with Gasteiger partial charge in [-0.1, -0.05) is 65.3 Å². The lowest BCUT2D eigenvalue weighted by molar-refractivity contribution is -0.127. The Morgan fingerprint density at radius 2 is 1.85 bits per heavy atom. The minimum Gasteiger partial charge on any atom is -0.341 e. The van der Waals surface area contributed by atoms with E-state index < -0.39 is 0 Å². The minimum absolute atomic E-state index is 0.0443. The van der Waals surface area contributed by atoms with Crippen LogP contribution < -0.4 is 0 Å². The fraction of sp³-hybridized carbons (Fsp3) is 0.250. The van der Waals surface area contributed by atoms with Crippen molar-refractivity contribution >= 4 is 29.3 Å². The summed E-state index contributed by atoms with van der Waals surface area (Å²) < 4.78 is 1.86. The standard InChI is InChI=1S/C20H21ClN4OS/c1-14-8-10-15(11-9-14)12-24(2)18(26)13-27-20-23-22-19(25(20)3)16-6-4-5-7-17(16)21/h4-11H,12-13H2,1-3H3. The summed E-state index contributed by atoms with van der Waals surface area (Å²) >= 11 is 7.62. The van der Waals surface area contributed by atoms with Crippen molar-refractivity contribution in [3.05, 3.63) is 64.7 Å². The second-order valence-corrected chi connectivity index (χ2v) is 7.72. The van der Waals surface area contributed by atoms with Crippen LogP contribution >= 0.6 is 23.4 Å². The summed E-state index contributed by atoms with van der Waals surface area (Å²) in [5, 5.41) is 9.74. The molecule has 1 heterocycles. The van der Waals surface area contributed by atoms with Crippen molar-refractivity contribution < 1.29 is 4.79 Å². The van der Waals surface area contributed by atoms with Crippen LogP contribution in [0.3, 0.4) is 0 Å². The number of benzene rings is 2. The largest absolute Gasteiger partial charge is 0.341 e. The third-order valence-corrected chi connectivity index (χ3v) is 5.58. The first-order chi connectivity index (χ1) is 13.0. The van der Waals surface area contributed by atoms with Crippen molar-refractivity contribution in [2.24, 2.45) is 7.05 Å². The molecule has 0 aliphatic heterocycles. The number of thioether (sulfide) groups is 1. The summed E-state index contributed by atoms with van der Waals surface area (Å²) in [6.07, 6.45) is 0. The average Bonchev–Trinajstić information content (AvgIpc) is 3.02. The number of aromatic nitrogens is 3. The molecule has 3 aromatic rings. The molecule has 1 aromatic heterocycles. The molecule has 1 amide bonds. The van der Waals surface area contributed by atoms with Gasteiger partial charge in [-0.2, -0.15) is 0 Å². The number of hydrogen-bond donors (Lipinski definition) is 0. The first-order valence-electron chi connectivity index (χ1n) is 8.52. The Balaban J connectivity index is 1.62. The van der Waals surface area contributed by atoms with Gasteiger partial charge < -0.3 is 9.47 Å². The summed E-state index contributed by atoms with van der Waals surface area (Å²) in [4.78, 5) is 14.2. The number of rotatable bonds is 6. The van der Waals surface area contributed by atoms with Crippen molar-refractivity contribution in [2.75, 3.05) is 12.8 Å². The third-order valence-electron chi connectivity index (χ3n) is 4.24. The first kappa shape index (κ1) is 19.5. The van der Waals surface area contributed by atoms with E-state index in [0.29, 0.717) is 28.3 Å². The van der Waals surface area contributed by atoms with Crippen LogP contribution in [0.5, 0.6) is 0 Å². The van der Waals surface area contributed by atoms with Gasteiger partial charge in [0.25, 0.3) is 0 Å². The highest BCUT2D eigenvalue weighted by Gasteiger charge is 2.16. The number of carbonyl (C=O) groups is 1. The van der Waals surface area contributed by atoms with Gasteiger partial charge in [0.05, 0.1) is 10.8 Å². The van der Waals surface area contributed by atoms with Crippen molar-refractivity contribution in [3.8, 4) is 11.4 Å². The van der Waals surface area contributed by atoms with Gasteiger partial charge in [-0.15, -0.1) is 10.2 Å². The summed E-state index contributed by atoms with van der Waals surface area (Å²) in [6.45, 7) is 2.64. The third kappa shape index (κ3) is 4.70. The van der Waals surface area contributed by atoms with Gasteiger partial charge in [-0.3, -0.25) is 4.79 Å². The smallest absolute Gasteiger partial charge is 0.233 e. The highest BCUT2D eigenvalue weighted by molar-refractivity contribution is 7.99. The van der Waals surface area contributed by atoms with Crippen LogP contribution in [-0.4, -0.2) is 38.4 Å². The van der Waals surface area contributed by atoms with Crippen LogP contribution in [0.15, 0.2) is 53.7 Å². The average molecular weight is 401 g/mol. The monoisotopic (exact) mass is 400 g/mol. The van der Waals surface area contributed by atoms with Gasteiger partial charge in [0.2, 0.25) is 5.91 Å². The molecule has 0 bridgehead atoms. The van der Waals surface area contributed by atoms with Gasteiger partial charge in [-0.25, -0.2) is 0 Å². The van der Waals surface area contributed by atoms with Crippen LogP contribution in [0, 0.1) is 6.92 Å². The van der Waals surface area contributed by atoms with Crippen molar-refractivity contribution in [2.45, 2.75) is 18.6 Å². The summed E-state index contributed by atoms with van der Waals surface area (Å²) in [6, 6.07) is 15.7. The van der Waals surface area contributed by atoms with Gasteiger partial charge in [0.15, 0.2) is 11.0 Å². The molecular weight excluding hydrogens is 380 g/mol. The Morgan fingerprint density at radius 1 is 1.15 bits per heavy atom. The van der Waals surface area contributed by atoms with Crippen LogP contribution in [0.4, 0.5) is 0 Å². The van der Waals surface area contributed by atoms with Crippen molar-refractivity contribution in [3.63, 3.8) is 0 Å². The fourth-order valence-electron chi connectivity index (χ4n) is 2.61. The van der Waals surface area contributed by atoms with E-state index in [2.05, 4.69) is 22.3 Å². The SMILES string of the molecule is Cc1ccc(CN(C)C(=O)CSc2nnc(-c3ccccc3Cl)n2C)cc1. The molecule has 0 aliphatic carbocycles. The Morgan fingerprint density at radius 3 is 2.56 bits per heavy atom. The van der Waals surface area contributed by atoms with Gasteiger partial charge in [-0.05, 0) is 24.6 Å². The zero-order chi connectivity index (χ0) is 19.4. The van der Waals surface area contributed by atoms with E-state index in [1.54, 1.807) is 4.90 Å². The molecule has 2 aromatic carbocycles. The predicted molar refractivity (Wildman–Crippen MR) is 110 cm³/mol. The number of carbonyl (C=O) groups excluding carboxylic acids is 1. The number of aryl methyl sites for hydroxylation is 1. The van der Waals surface area contributed by atoms with Gasteiger partial charge >= 0.3 is 0 Å². The lowest BCUT2D eigenvalue weighted by atomic mass is 10.1. The van der Waals surface area contributed by atoms with E-state index >= 15 is 0 Å². The van der Waals surface area contributed by atoms with Crippen molar-refractivity contribution in [1.82, 2.24) is 19.7 Å². The summed E-state index contributed by atoms with van der Waals surface area (Å²) in [7, 11) is 3.69. The maximum absolute atomic E-state index is 12.5. The highest BCUT2D eigenvalue weighted by Crippen LogP contribution is 2.28. The zero-order valence-electron chi connectivity index (χ0n) is 15.5. The maximum Gasteiger partial charge on any atom is 0.233 e. The Labute approximate surface area is 168 Å². The van der Waals surface area contributed by atoms with Gasteiger partial charge in [0.1, 0.15) is 0 Å². The van der Waals surface area contributed by atoms with E-state index in [1.807, 2.05) is 62.0 Å². The van der Waals surface area contributed by atoms with Crippen LogP contribution in [0.1, 0.15) is 11.1 Å². The normalized spacial score (nSPS) is 10.8. The second-order valence-electron chi connectivity index (χ2n) is 6.37. The Hall–Kier alpha value is -2.31. The molecule has 0 unspecified atom stereocenters. The maximum atomic E-state index is 12.5. The Bertz CT molecular complexity index is 939. The lowest BCUT2D eigenvalue weighted by Gasteiger charge is -2.17. The van der Waals surface area contributed by atoms with E-state index in [-0.39, 0.29) is 5.91 Å².